The molecule has 0 spiro atoms. The molecule has 0 rings (SSSR count). The molecule has 1 atom stereocenters. The Morgan fingerprint density at radius 2 is 2.17 bits per heavy atom. The van der Waals surface area contributed by atoms with Gasteiger partial charge in [0.1, 0.15) is 0 Å². The summed E-state index contributed by atoms with van der Waals surface area (Å²) in [6, 6.07) is 0.438. The molecule has 0 aromatic carbocycles. The first-order valence-corrected chi connectivity index (χ1v) is 4.71. The van der Waals surface area contributed by atoms with Crippen LogP contribution in [0.3, 0.4) is 0 Å². The van der Waals surface area contributed by atoms with Crippen LogP contribution in [0.5, 0.6) is 0 Å². The van der Waals surface area contributed by atoms with Crippen LogP contribution in [0.25, 0.3) is 0 Å². The highest BCUT2D eigenvalue weighted by atomic mass is 14.7. The molecule has 0 aliphatic rings. The molecule has 0 radical (unpaired) electrons. The summed E-state index contributed by atoms with van der Waals surface area (Å²) in [5.74, 6) is 0. The van der Waals surface area contributed by atoms with Gasteiger partial charge in [-0.1, -0.05) is 26.2 Å². The summed E-state index contributed by atoms with van der Waals surface area (Å²) in [6.45, 7) is 4.35. The Morgan fingerprint density at radius 1 is 1.42 bits per heavy atom. The van der Waals surface area contributed by atoms with Crippen molar-refractivity contribution in [3.63, 3.8) is 0 Å². The lowest BCUT2D eigenvalue weighted by atomic mass is 10.1. The molecular formula is C10H20N2. The number of nitrogens with two attached hydrogens (primary N) is 1. The molecule has 0 aliphatic carbocycles. The summed E-state index contributed by atoms with van der Waals surface area (Å²) in [5.41, 5.74) is 5.16. The zero-order chi connectivity index (χ0) is 9.23. The first-order valence-electron chi connectivity index (χ1n) is 4.71. The van der Waals surface area contributed by atoms with E-state index in [1.54, 1.807) is 12.3 Å². The van der Waals surface area contributed by atoms with Crippen molar-refractivity contribution in [2.75, 3.05) is 0 Å². The number of hydrogen-bond acceptors (Lipinski definition) is 2. The monoisotopic (exact) mass is 168 g/mol. The molecule has 0 bridgehead atoms. The summed E-state index contributed by atoms with van der Waals surface area (Å²) in [6.07, 6.45) is 10.1. The van der Waals surface area contributed by atoms with Crippen LogP contribution in [-0.2, 0) is 0 Å². The van der Waals surface area contributed by atoms with E-state index >= 15 is 0 Å². The van der Waals surface area contributed by atoms with E-state index in [9.17, 15) is 0 Å². The zero-order valence-electron chi connectivity index (χ0n) is 8.16. The quantitative estimate of drug-likeness (QED) is 0.480. The van der Waals surface area contributed by atoms with Gasteiger partial charge in [0.05, 0.1) is 0 Å². The van der Waals surface area contributed by atoms with Gasteiger partial charge in [-0.25, -0.2) is 0 Å². The third-order valence-corrected chi connectivity index (χ3v) is 1.76. The second-order valence-corrected chi connectivity index (χ2v) is 3.03. The van der Waals surface area contributed by atoms with Crippen LogP contribution in [0.2, 0.25) is 0 Å². The van der Waals surface area contributed by atoms with Gasteiger partial charge in [0, 0.05) is 12.3 Å². The molecule has 1 unspecified atom stereocenters. The molecular weight excluding hydrogens is 148 g/mol. The Morgan fingerprint density at radius 3 is 2.75 bits per heavy atom. The minimum atomic E-state index is 0.438. The lowest BCUT2D eigenvalue weighted by Crippen LogP contribution is -1.97. The smallest absolute Gasteiger partial charge is 0.0471 e. The van der Waals surface area contributed by atoms with E-state index in [1.807, 2.05) is 0 Å². The second kappa shape index (κ2) is 8.31. The average molecular weight is 168 g/mol. The second-order valence-electron chi connectivity index (χ2n) is 3.03. The summed E-state index contributed by atoms with van der Waals surface area (Å²) in [7, 11) is 0. The van der Waals surface area contributed by atoms with E-state index in [0.717, 1.165) is 0 Å². The lowest BCUT2D eigenvalue weighted by Gasteiger charge is -2.03. The summed E-state index contributed by atoms with van der Waals surface area (Å²) in [5, 5.41) is 0. The van der Waals surface area contributed by atoms with Crippen LogP contribution in [0.4, 0.5) is 0 Å². The van der Waals surface area contributed by atoms with E-state index in [4.69, 9.17) is 5.73 Å². The maximum Gasteiger partial charge on any atom is 0.0471 e. The molecule has 70 valence electrons. The number of allylic oxidation sites excluding steroid dienone is 1. The van der Waals surface area contributed by atoms with E-state index in [2.05, 4.69) is 18.8 Å². The van der Waals surface area contributed by atoms with Gasteiger partial charge in [-0.05, 0) is 25.6 Å². The van der Waals surface area contributed by atoms with Crippen molar-refractivity contribution in [1.29, 1.82) is 0 Å². The number of rotatable bonds is 6. The maximum absolute atomic E-state index is 5.16. The molecule has 2 nitrogen and oxygen atoms in total. The van der Waals surface area contributed by atoms with Crippen molar-refractivity contribution in [1.82, 2.24) is 0 Å². The van der Waals surface area contributed by atoms with Gasteiger partial charge in [-0.3, -0.25) is 4.99 Å². The molecule has 0 amide bonds. The van der Waals surface area contributed by atoms with Crippen molar-refractivity contribution >= 4 is 6.21 Å². The summed E-state index contributed by atoms with van der Waals surface area (Å²) >= 11 is 0. The Bertz CT molecular complexity index is 139. The standard InChI is InChI=1S/C10H20N2/c1-3-4-5-7-10(2)12-9-6-8-11/h6,8-10H,3-5,7,11H2,1-2H3. The molecule has 2 N–H and O–H groups in total. The minimum absolute atomic E-state index is 0.438. The van der Waals surface area contributed by atoms with Crippen LogP contribution in [0.1, 0.15) is 39.5 Å². The van der Waals surface area contributed by atoms with Crippen molar-refractivity contribution in [3.8, 4) is 0 Å². The first-order chi connectivity index (χ1) is 5.81. The molecule has 2 heteroatoms. The Balaban J connectivity index is 3.38. The van der Waals surface area contributed by atoms with Crippen LogP contribution in [-0.4, -0.2) is 12.3 Å². The maximum atomic E-state index is 5.16. The molecule has 0 aromatic heterocycles. The Hall–Kier alpha value is -0.790. The number of hydrogen-bond donors (Lipinski definition) is 1. The molecule has 0 aliphatic heterocycles. The lowest BCUT2D eigenvalue weighted by molar-refractivity contribution is 0.595. The van der Waals surface area contributed by atoms with Crippen LogP contribution < -0.4 is 5.73 Å². The molecule has 12 heavy (non-hydrogen) atoms. The third kappa shape index (κ3) is 7.32. The van der Waals surface area contributed by atoms with Gasteiger partial charge < -0.3 is 5.73 Å². The fourth-order valence-corrected chi connectivity index (χ4v) is 1.01. The first kappa shape index (κ1) is 11.2. The van der Waals surface area contributed by atoms with Crippen LogP contribution >= 0.6 is 0 Å². The van der Waals surface area contributed by atoms with Crippen molar-refractivity contribution in [2.24, 2.45) is 10.7 Å². The third-order valence-electron chi connectivity index (χ3n) is 1.76. The molecule has 0 fully saturated rings. The molecule has 0 saturated carbocycles. The van der Waals surface area contributed by atoms with Crippen LogP contribution in [0.15, 0.2) is 17.3 Å². The number of aliphatic imine (C=N–C) groups is 1. The average Bonchev–Trinajstić information content (AvgIpc) is 2.06. The Labute approximate surface area is 75.6 Å². The van der Waals surface area contributed by atoms with Gasteiger partial charge in [0.25, 0.3) is 0 Å². The predicted octanol–water partition coefficient (Wildman–Crippen LogP) is 2.50. The van der Waals surface area contributed by atoms with E-state index in [0.29, 0.717) is 6.04 Å². The fourth-order valence-electron chi connectivity index (χ4n) is 1.01. The number of unbranched alkanes of at least 4 members (excludes halogenated alkanes) is 2. The normalized spacial score (nSPS) is 14.5. The number of nitrogens with zero attached hydrogens (tertiary/aromatic N) is 1. The predicted molar refractivity (Wildman–Crippen MR) is 55.4 cm³/mol. The fraction of sp³-hybridized carbons (Fsp3) is 0.700. The topological polar surface area (TPSA) is 38.4 Å². The van der Waals surface area contributed by atoms with E-state index in [1.165, 1.54) is 31.9 Å². The molecule has 0 heterocycles. The van der Waals surface area contributed by atoms with Gasteiger partial charge in [-0.2, -0.15) is 0 Å². The highest BCUT2D eigenvalue weighted by molar-refractivity contribution is 5.70. The minimum Gasteiger partial charge on any atom is -0.405 e. The van der Waals surface area contributed by atoms with Crippen molar-refractivity contribution in [2.45, 2.75) is 45.6 Å². The van der Waals surface area contributed by atoms with Gasteiger partial charge in [-0.15, -0.1) is 0 Å². The van der Waals surface area contributed by atoms with Gasteiger partial charge >= 0.3 is 0 Å². The highest BCUT2D eigenvalue weighted by Gasteiger charge is 1.95. The SMILES string of the molecule is CCCCCC(C)N=CC=CN. The Kier molecular flexibility index (Phi) is 7.76. The zero-order valence-corrected chi connectivity index (χ0v) is 8.16. The summed E-state index contributed by atoms with van der Waals surface area (Å²) < 4.78 is 0. The van der Waals surface area contributed by atoms with Crippen molar-refractivity contribution in [3.05, 3.63) is 12.3 Å². The summed E-state index contributed by atoms with van der Waals surface area (Å²) in [4.78, 5) is 4.29. The molecule has 0 saturated heterocycles. The van der Waals surface area contributed by atoms with Gasteiger partial charge in [0.15, 0.2) is 0 Å². The van der Waals surface area contributed by atoms with Crippen LogP contribution in [0, 0.1) is 0 Å². The van der Waals surface area contributed by atoms with Crippen molar-refractivity contribution < 1.29 is 0 Å². The molecule has 0 aromatic rings. The van der Waals surface area contributed by atoms with E-state index < -0.39 is 0 Å². The highest BCUT2D eigenvalue weighted by Crippen LogP contribution is 2.04. The largest absolute Gasteiger partial charge is 0.405 e. The van der Waals surface area contributed by atoms with Gasteiger partial charge in [0.2, 0.25) is 0 Å². The van der Waals surface area contributed by atoms with E-state index in [-0.39, 0.29) is 0 Å².